The molecular weight excluding hydrogens is 576 g/mol. The van der Waals surface area contributed by atoms with Gasteiger partial charge in [0.25, 0.3) is 5.91 Å². The van der Waals surface area contributed by atoms with Crippen LogP contribution in [0.4, 0.5) is 5.69 Å². The van der Waals surface area contributed by atoms with Crippen molar-refractivity contribution in [3.8, 4) is 0 Å². The highest BCUT2D eigenvalue weighted by Gasteiger charge is 2.18. The van der Waals surface area contributed by atoms with E-state index in [0.717, 1.165) is 15.2 Å². The molecule has 142 valence electrons. The van der Waals surface area contributed by atoms with Crippen LogP contribution in [0.15, 0.2) is 61.9 Å². The first-order valence-corrected chi connectivity index (χ1v) is 10.6. The Hall–Kier alpha value is -1.81. The first-order valence-electron chi connectivity index (χ1n) is 7.80. The smallest absolute Gasteiger partial charge is 0.337 e. The largest absolute Gasteiger partial charge is 0.478 e. The van der Waals surface area contributed by atoms with Crippen molar-refractivity contribution >= 4 is 93.5 Å². The van der Waals surface area contributed by atoms with Gasteiger partial charge in [0.05, 0.1) is 11.3 Å². The third kappa shape index (κ3) is 4.43. The van der Waals surface area contributed by atoms with Crippen LogP contribution >= 0.6 is 60.0 Å². The molecule has 0 radical (unpaired) electrons. The highest BCUT2D eigenvalue weighted by molar-refractivity contribution is 9.11. The Balaban J connectivity index is 1.87. The van der Waals surface area contributed by atoms with Gasteiger partial charge in [0.1, 0.15) is 0 Å². The first kappa shape index (κ1) is 20.9. The van der Waals surface area contributed by atoms with E-state index in [1.165, 1.54) is 6.07 Å². The van der Waals surface area contributed by atoms with E-state index in [-0.39, 0.29) is 16.4 Å². The number of carboxylic acid groups (broad SMARTS) is 1. The maximum absolute atomic E-state index is 12.7. The van der Waals surface area contributed by atoms with E-state index in [1.807, 2.05) is 24.3 Å². The summed E-state index contributed by atoms with van der Waals surface area (Å²) in [7, 11) is 0. The average molecular weight is 587 g/mol. The lowest BCUT2D eigenvalue weighted by Gasteiger charge is -2.14. The van der Waals surface area contributed by atoms with Crippen LogP contribution in [-0.2, 0) is 0 Å². The van der Waals surface area contributed by atoms with Gasteiger partial charge >= 0.3 is 5.97 Å². The van der Waals surface area contributed by atoms with Crippen LogP contribution in [0.25, 0.3) is 10.8 Å². The highest BCUT2D eigenvalue weighted by Crippen LogP contribution is 2.31. The number of benzene rings is 3. The molecule has 5 nitrogen and oxygen atoms in total. The van der Waals surface area contributed by atoms with Crippen LogP contribution in [0.1, 0.15) is 20.7 Å². The maximum Gasteiger partial charge on any atom is 0.337 e. The number of carboxylic acids is 1. The molecule has 0 aliphatic carbocycles. The Morgan fingerprint density at radius 1 is 0.893 bits per heavy atom. The molecule has 0 heterocycles. The van der Waals surface area contributed by atoms with Crippen molar-refractivity contribution < 1.29 is 14.7 Å². The van der Waals surface area contributed by atoms with Gasteiger partial charge in [0, 0.05) is 19.0 Å². The van der Waals surface area contributed by atoms with E-state index in [2.05, 4.69) is 58.4 Å². The Labute approximate surface area is 190 Å². The monoisotopic (exact) mass is 584 g/mol. The van der Waals surface area contributed by atoms with Crippen LogP contribution in [0.3, 0.4) is 0 Å². The highest BCUT2D eigenvalue weighted by atomic mass is 79.9. The van der Waals surface area contributed by atoms with Gasteiger partial charge in [-0.2, -0.15) is 0 Å². The second-order valence-corrected chi connectivity index (χ2v) is 8.70. The van der Waals surface area contributed by atoms with Crippen molar-refractivity contribution in [3.05, 3.63) is 73.1 Å². The molecule has 3 aromatic carbocycles. The fourth-order valence-electron chi connectivity index (χ4n) is 2.65. The van der Waals surface area contributed by atoms with E-state index in [1.54, 1.807) is 18.2 Å². The van der Waals surface area contributed by atoms with Crippen molar-refractivity contribution in [1.29, 1.82) is 0 Å². The zero-order chi connectivity index (χ0) is 20.4. The number of aromatic carboxylic acids is 1. The van der Waals surface area contributed by atoms with E-state index in [9.17, 15) is 14.7 Å². The molecule has 0 fully saturated rings. The number of hydrogen-bond acceptors (Lipinski definition) is 3. The third-order valence-corrected chi connectivity index (χ3v) is 5.84. The fraction of sp³-hybridized carbons (Fsp3) is 0. The van der Waals surface area contributed by atoms with E-state index >= 15 is 0 Å². The minimum Gasteiger partial charge on any atom is -0.478 e. The molecule has 3 N–H and O–H groups in total. The second kappa shape index (κ2) is 8.69. The van der Waals surface area contributed by atoms with Gasteiger partial charge in [-0.25, -0.2) is 4.79 Å². The number of thiocarbonyl (C=S) groups is 1. The number of rotatable bonds is 3. The van der Waals surface area contributed by atoms with Crippen molar-refractivity contribution in [2.75, 3.05) is 5.32 Å². The number of carbonyl (C=O) groups is 2. The Morgan fingerprint density at radius 2 is 1.57 bits per heavy atom. The average Bonchev–Trinajstić information content (AvgIpc) is 2.63. The number of halogens is 3. The van der Waals surface area contributed by atoms with Crippen LogP contribution in [0.5, 0.6) is 0 Å². The van der Waals surface area contributed by atoms with E-state index in [0.29, 0.717) is 14.5 Å². The normalized spacial score (nSPS) is 10.5. The quantitative estimate of drug-likeness (QED) is 0.331. The third-order valence-electron chi connectivity index (χ3n) is 3.86. The minimum absolute atomic E-state index is 0.00643. The summed E-state index contributed by atoms with van der Waals surface area (Å²) in [5, 5.41) is 16.5. The Kier molecular flexibility index (Phi) is 6.49. The van der Waals surface area contributed by atoms with Gasteiger partial charge in [-0.05, 0) is 63.2 Å². The number of anilines is 1. The number of nitrogens with one attached hydrogen (secondary N) is 2. The first-order chi connectivity index (χ1) is 13.3. The van der Waals surface area contributed by atoms with E-state index in [4.69, 9.17) is 12.2 Å². The predicted molar refractivity (Wildman–Crippen MR) is 124 cm³/mol. The van der Waals surface area contributed by atoms with Crippen molar-refractivity contribution in [3.63, 3.8) is 0 Å². The molecule has 28 heavy (non-hydrogen) atoms. The summed E-state index contributed by atoms with van der Waals surface area (Å²) in [6.07, 6.45) is 0. The molecule has 3 rings (SSSR count). The summed E-state index contributed by atoms with van der Waals surface area (Å²) in [5.41, 5.74) is 0.713. The number of amides is 1. The summed E-state index contributed by atoms with van der Waals surface area (Å²) in [6, 6.07) is 14.1. The number of carbonyl (C=O) groups excluding carboxylic acids is 1. The Bertz CT molecular complexity index is 1130. The number of fused-ring (bicyclic) bond motifs is 1. The fourth-order valence-corrected chi connectivity index (χ4v) is 4.67. The molecule has 0 saturated heterocycles. The van der Waals surface area contributed by atoms with Crippen LogP contribution in [0.2, 0.25) is 0 Å². The van der Waals surface area contributed by atoms with Gasteiger partial charge in [0.15, 0.2) is 5.11 Å². The standard InChI is InChI=1S/C19H11Br3N2O3S/c20-9-7-13(18(26)27)16(15(22)8-9)23-19(28)24-17(25)12-5-1-4-11-10(12)3-2-6-14(11)21/h1-8H,(H,26,27)(H2,23,24,25,28). The zero-order valence-corrected chi connectivity index (χ0v) is 19.5. The van der Waals surface area contributed by atoms with Gasteiger partial charge < -0.3 is 10.4 Å². The van der Waals surface area contributed by atoms with Gasteiger partial charge in [-0.15, -0.1) is 0 Å². The van der Waals surface area contributed by atoms with Gasteiger partial charge in [-0.3, -0.25) is 10.1 Å². The molecule has 0 spiro atoms. The SMILES string of the molecule is O=C(O)c1cc(Br)cc(Br)c1NC(=S)NC(=O)c1cccc2c(Br)cccc12. The molecule has 0 aliphatic heterocycles. The van der Waals surface area contributed by atoms with E-state index < -0.39 is 11.9 Å². The minimum atomic E-state index is -1.13. The summed E-state index contributed by atoms with van der Waals surface area (Å²) >= 11 is 15.3. The molecule has 0 atom stereocenters. The molecule has 0 aliphatic rings. The van der Waals surface area contributed by atoms with Gasteiger partial charge in [-0.1, -0.05) is 56.1 Å². The van der Waals surface area contributed by atoms with Crippen LogP contribution in [0, 0.1) is 0 Å². The lowest BCUT2D eigenvalue weighted by atomic mass is 10.0. The predicted octanol–water partition coefficient (Wildman–Crippen LogP) is 5.95. The molecule has 0 saturated carbocycles. The molecule has 0 bridgehead atoms. The molecule has 0 aromatic heterocycles. The summed E-state index contributed by atoms with van der Waals surface area (Å²) in [6.45, 7) is 0. The molecule has 3 aromatic rings. The summed E-state index contributed by atoms with van der Waals surface area (Å²) in [4.78, 5) is 24.3. The maximum atomic E-state index is 12.7. The molecule has 0 unspecified atom stereocenters. The van der Waals surface area contributed by atoms with Crippen LogP contribution in [-0.4, -0.2) is 22.1 Å². The van der Waals surface area contributed by atoms with Gasteiger partial charge in [0.2, 0.25) is 0 Å². The lowest BCUT2D eigenvalue weighted by molar-refractivity contribution is 0.0697. The molecule has 1 amide bonds. The van der Waals surface area contributed by atoms with Crippen molar-refractivity contribution in [1.82, 2.24) is 5.32 Å². The van der Waals surface area contributed by atoms with Crippen molar-refractivity contribution in [2.24, 2.45) is 0 Å². The van der Waals surface area contributed by atoms with Crippen LogP contribution < -0.4 is 10.6 Å². The summed E-state index contributed by atoms with van der Waals surface area (Å²) < 4.78 is 1.97. The van der Waals surface area contributed by atoms with Crippen molar-refractivity contribution in [2.45, 2.75) is 0 Å². The zero-order valence-electron chi connectivity index (χ0n) is 13.9. The lowest BCUT2D eigenvalue weighted by Crippen LogP contribution is -2.34. The number of hydrogen-bond donors (Lipinski definition) is 3. The molecular formula is C19H11Br3N2O3S. The molecule has 9 heteroatoms. The second-order valence-electron chi connectivity index (χ2n) is 5.66. The Morgan fingerprint density at radius 3 is 2.29 bits per heavy atom. The topological polar surface area (TPSA) is 78.4 Å². The summed E-state index contributed by atoms with van der Waals surface area (Å²) in [5.74, 6) is -1.52.